The molecule has 0 aliphatic rings. The molecule has 1 amide bonds. The molecule has 0 aliphatic heterocycles. The highest BCUT2D eigenvalue weighted by Gasteiger charge is 2.20. The van der Waals surface area contributed by atoms with Gasteiger partial charge in [-0.2, -0.15) is 0 Å². The monoisotopic (exact) mass is 383 g/mol. The van der Waals surface area contributed by atoms with Crippen LogP contribution in [0.1, 0.15) is 39.2 Å². The molecule has 1 atom stereocenters. The molecule has 28 heavy (non-hydrogen) atoms. The number of nitrogens with one attached hydrogen (secondary N) is 1. The van der Waals surface area contributed by atoms with Crippen LogP contribution in [0, 0.1) is 13.8 Å². The predicted octanol–water partition coefficient (Wildman–Crippen LogP) is 3.50. The minimum atomic E-state index is -0.201. The number of hydrogen-bond donors (Lipinski definition) is 1. The third-order valence-corrected chi connectivity index (χ3v) is 4.64. The van der Waals surface area contributed by atoms with Crippen LogP contribution in [-0.4, -0.2) is 36.6 Å². The van der Waals surface area contributed by atoms with E-state index in [9.17, 15) is 4.79 Å². The molecule has 3 aromatic rings. The number of ether oxygens (including phenoxy) is 1. The topological polar surface area (TPSA) is 80.7 Å². The first kappa shape index (κ1) is 19.7. The second-order valence-electron chi connectivity index (χ2n) is 6.79. The Labute approximate surface area is 164 Å². The Morgan fingerprint density at radius 1 is 1.21 bits per heavy atom. The minimum absolute atomic E-state index is 0.0608. The molecular formula is C21H25N3O4. The average molecular weight is 383 g/mol. The molecule has 2 heterocycles. The van der Waals surface area contributed by atoms with Crippen LogP contribution in [0.15, 0.2) is 51.6 Å². The quantitative estimate of drug-likeness (QED) is 0.641. The van der Waals surface area contributed by atoms with Gasteiger partial charge in [0, 0.05) is 6.54 Å². The van der Waals surface area contributed by atoms with Crippen molar-refractivity contribution in [2.24, 2.45) is 0 Å². The molecule has 0 spiro atoms. The van der Waals surface area contributed by atoms with E-state index in [1.54, 1.807) is 18.4 Å². The van der Waals surface area contributed by atoms with Crippen molar-refractivity contribution in [3.63, 3.8) is 0 Å². The van der Waals surface area contributed by atoms with Crippen LogP contribution in [0.4, 0.5) is 0 Å². The predicted molar refractivity (Wildman–Crippen MR) is 104 cm³/mol. The third-order valence-electron chi connectivity index (χ3n) is 4.64. The molecule has 0 aliphatic carbocycles. The smallest absolute Gasteiger partial charge is 0.255 e. The summed E-state index contributed by atoms with van der Waals surface area (Å²) in [5.41, 5.74) is 2.15. The van der Waals surface area contributed by atoms with Crippen LogP contribution in [0.5, 0.6) is 5.75 Å². The van der Waals surface area contributed by atoms with Gasteiger partial charge in [0.1, 0.15) is 23.9 Å². The summed E-state index contributed by atoms with van der Waals surface area (Å²) in [6.07, 6.45) is 1.63. The van der Waals surface area contributed by atoms with E-state index in [4.69, 9.17) is 13.7 Å². The van der Waals surface area contributed by atoms with Gasteiger partial charge in [-0.3, -0.25) is 9.69 Å². The Morgan fingerprint density at radius 2 is 2.00 bits per heavy atom. The van der Waals surface area contributed by atoms with Gasteiger partial charge in [-0.1, -0.05) is 17.3 Å². The van der Waals surface area contributed by atoms with Gasteiger partial charge in [-0.25, -0.2) is 0 Å². The first-order valence-electron chi connectivity index (χ1n) is 9.09. The zero-order valence-corrected chi connectivity index (χ0v) is 16.6. The first-order valence-corrected chi connectivity index (χ1v) is 9.09. The second kappa shape index (κ2) is 8.75. The molecule has 0 bridgehead atoms. The van der Waals surface area contributed by atoms with Gasteiger partial charge < -0.3 is 19.0 Å². The summed E-state index contributed by atoms with van der Waals surface area (Å²) in [6, 6.07) is 10.9. The molecule has 3 rings (SSSR count). The molecule has 0 saturated carbocycles. The molecule has 0 saturated heterocycles. The van der Waals surface area contributed by atoms with Gasteiger partial charge in [0.05, 0.1) is 29.1 Å². The highest BCUT2D eigenvalue weighted by atomic mass is 16.5. The highest BCUT2D eigenvalue weighted by molar-refractivity contribution is 5.96. The Morgan fingerprint density at radius 3 is 2.64 bits per heavy atom. The zero-order chi connectivity index (χ0) is 20.1. The van der Waals surface area contributed by atoms with Gasteiger partial charge in [0.25, 0.3) is 5.91 Å². The van der Waals surface area contributed by atoms with Gasteiger partial charge in [0.2, 0.25) is 0 Å². The summed E-state index contributed by atoms with van der Waals surface area (Å²) in [5.74, 6) is 1.83. The lowest BCUT2D eigenvalue weighted by Gasteiger charge is -2.22. The van der Waals surface area contributed by atoms with E-state index in [-0.39, 0.29) is 18.6 Å². The Balaban J connectivity index is 1.68. The number of benzene rings is 1. The molecule has 1 aromatic carbocycles. The number of para-hydroxylation sites is 1. The maximum atomic E-state index is 12.8. The Bertz CT molecular complexity index is 896. The van der Waals surface area contributed by atoms with Gasteiger partial charge >= 0.3 is 0 Å². The van der Waals surface area contributed by atoms with Crippen LogP contribution in [0.25, 0.3) is 0 Å². The molecule has 0 fully saturated rings. The van der Waals surface area contributed by atoms with E-state index < -0.39 is 0 Å². The van der Waals surface area contributed by atoms with Gasteiger partial charge in [0.15, 0.2) is 0 Å². The number of rotatable bonds is 8. The van der Waals surface area contributed by atoms with Crippen LogP contribution in [0.3, 0.4) is 0 Å². The first-order chi connectivity index (χ1) is 13.5. The van der Waals surface area contributed by atoms with E-state index in [2.05, 4.69) is 10.5 Å². The zero-order valence-electron chi connectivity index (χ0n) is 16.6. The fourth-order valence-electron chi connectivity index (χ4n) is 2.94. The van der Waals surface area contributed by atoms with Crippen LogP contribution in [-0.2, 0) is 6.61 Å². The van der Waals surface area contributed by atoms with Crippen molar-refractivity contribution in [1.82, 2.24) is 15.4 Å². The number of likely N-dealkylation sites (N-methyl/N-ethyl adjacent to an activating group) is 1. The Hall–Kier alpha value is -3.06. The number of aromatic nitrogens is 1. The van der Waals surface area contributed by atoms with Crippen molar-refractivity contribution in [2.75, 3.05) is 20.6 Å². The highest BCUT2D eigenvalue weighted by Crippen LogP contribution is 2.22. The van der Waals surface area contributed by atoms with Gasteiger partial charge in [-0.05, 0) is 52.2 Å². The van der Waals surface area contributed by atoms with E-state index in [0.29, 0.717) is 23.6 Å². The van der Waals surface area contributed by atoms with E-state index in [0.717, 1.165) is 17.0 Å². The summed E-state index contributed by atoms with van der Waals surface area (Å²) in [5, 5.41) is 6.90. The maximum absolute atomic E-state index is 12.8. The summed E-state index contributed by atoms with van der Waals surface area (Å²) in [6.45, 7) is 4.41. The standard InChI is InChI=1S/C21H25N3O4/c1-14-17(15(2)28-23-14)13-27-19-9-6-5-8-16(19)21(25)22-12-18(24(3)4)20-10-7-11-26-20/h5-11,18H,12-13H2,1-4H3,(H,22,25). The number of aryl methyl sites for hydroxylation is 2. The molecule has 2 aromatic heterocycles. The van der Waals surface area contributed by atoms with E-state index in [1.165, 1.54) is 0 Å². The second-order valence-corrected chi connectivity index (χ2v) is 6.79. The fraction of sp³-hybridized carbons (Fsp3) is 0.333. The number of carbonyl (C=O) groups is 1. The van der Waals surface area contributed by atoms with Crippen molar-refractivity contribution in [2.45, 2.75) is 26.5 Å². The van der Waals surface area contributed by atoms with Crippen molar-refractivity contribution in [3.05, 3.63) is 71.0 Å². The average Bonchev–Trinajstić information content (AvgIpc) is 3.31. The maximum Gasteiger partial charge on any atom is 0.255 e. The summed E-state index contributed by atoms with van der Waals surface area (Å²) in [4.78, 5) is 14.8. The number of amides is 1. The Kier molecular flexibility index (Phi) is 6.16. The van der Waals surface area contributed by atoms with Crippen molar-refractivity contribution >= 4 is 5.91 Å². The van der Waals surface area contributed by atoms with Crippen molar-refractivity contribution in [3.8, 4) is 5.75 Å². The lowest BCUT2D eigenvalue weighted by molar-refractivity contribution is 0.0934. The molecule has 0 radical (unpaired) electrons. The fourth-order valence-corrected chi connectivity index (χ4v) is 2.94. The van der Waals surface area contributed by atoms with Crippen LogP contribution < -0.4 is 10.1 Å². The molecule has 1 N–H and O–H groups in total. The molecule has 1 unspecified atom stereocenters. The van der Waals surface area contributed by atoms with E-state index in [1.807, 2.05) is 57.1 Å². The number of furan rings is 1. The number of carbonyl (C=O) groups excluding carboxylic acids is 1. The number of nitrogens with zero attached hydrogens (tertiary/aromatic N) is 2. The van der Waals surface area contributed by atoms with Crippen LogP contribution >= 0.6 is 0 Å². The largest absolute Gasteiger partial charge is 0.488 e. The summed E-state index contributed by atoms with van der Waals surface area (Å²) in [7, 11) is 3.89. The normalized spacial score (nSPS) is 12.2. The summed E-state index contributed by atoms with van der Waals surface area (Å²) < 4.78 is 16.6. The molecule has 7 nitrogen and oxygen atoms in total. The molecular weight excluding hydrogens is 358 g/mol. The number of hydrogen-bond acceptors (Lipinski definition) is 6. The third kappa shape index (κ3) is 4.43. The minimum Gasteiger partial charge on any atom is -0.488 e. The molecule has 148 valence electrons. The SMILES string of the molecule is Cc1noc(C)c1COc1ccccc1C(=O)NCC(c1ccco1)N(C)C. The van der Waals surface area contributed by atoms with Crippen LogP contribution in [0.2, 0.25) is 0 Å². The summed E-state index contributed by atoms with van der Waals surface area (Å²) >= 11 is 0. The van der Waals surface area contributed by atoms with Crippen molar-refractivity contribution < 1.29 is 18.5 Å². The van der Waals surface area contributed by atoms with Gasteiger partial charge in [-0.15, -0.1) is 0 Å². The van der Waals surface area contributed by atoms with Crippen molar-refractivity contribution in [1.29, 1.82) is 0 Å². The van der Waals surface area contributed by atoms with E-state index >= 15 is 0 Å². The lowest BCUT2D eigenvalue weighted by atomic mass is 10.1. The lowest BCUT2D eigenvalue weighted by Crippen LogP contribution is -2.34. The molecule has 7 heteroatoms.